The van der Waals surface area contributed by atoms with E-state index in [-0.39, 0.29) is 0 Å². The Balaban J connectivity index is 2.02. The summed E-state index contributed by atoms with van der Waals surface area (Å²) in [6.07, 6.45) is 4.79. The van der Waals surface area contributed by atoms with Crippen molar-refractivity contribution in [3.63, 3.8) is 0 Å². The molecule has 1 fully saturated rings. The van der Waals surface area contributed by atoms with Gasteiger partial charge in [-0.1, -0.05) is 18.6 Å². The minimum Gasteiger partial charge on any atom is -0.463 e. The first-order chi connectivity index (χ1) is 6.79. The summed E-state index contributed by atoms with van der Waals surface area (Å²) in [6.45, 7) is 0. The molecule has 0 heterocycles. The first-order valence-corrected chi connectivity index (χ1v) is 5.16. The molecule has 75 valence electrons. The van der Waals surface area contributed by atoms with Crippen molar-refractivity contribution in [2.24, 2.45) is 0 Å². The Kier molecular flexibility index (Phi) is 2.73. The summed E-state index contributed by atoms with van der Waals surface area (Å²) in [5.41, 5.74) is 0. The highest BCUT2D eigenvalue weighted by Crippen LogP contribution is 2.30. The third kappa shape index (κ3) is 2.26. The predicted molar refractivity (Wildman–Crippen MR) is 53.9 cm³/mol. The molecule has 1 saturated carbocycles. The number of hydrogen-bond acceptors (Lipinski definition) is 2. The van der Waals surface area contributed by atoms with Gasteiger partial charge in [0, 0.05) is 12.8 Å². The van der Waals surface area contributed by atoms with E-state index in [1.807, 2.05) is 12.1 Å². The van der Waals surface area contributed by atoms with Crippen molar-refractivity contribution in [3.05, 3.63) is 30.3 Å². The van der Waals surface area contributed by atoms with Crippen molar-refractivity contribution >= 4 is 0 Å². The van der Waals surface area contributed by atoms with Crippen molar-refractivity contribution in [2.45, 2.75) is 37.9 Å². The summed E-state index contributed by atoms with van der Waals surface area (Å²) in [4.78, 5) is 0. The van der Waals surface area contributed by atoms with Crippen molar-refractivity contribution < 1.29 is 9.84 Å². The molecule has 0 aromatic heterocycles. The van der Waals surface area contributed by atoms with Gasteiger partial charge in [0.15, 0.2) is 0 Å². The van der Waals surface area contributed by atoms with Crippen LogP contribution in [0.2, 0.25) is 0 Å². The van der Waals surface area contributed by atoms with Gasteiger partial charge in [-0.25, -0.2) is 0 Å². The van der Waals surface area contributed by atoms with Crippen LogP contribution >= 0.6 is 0 Å². The smallest absolute Gasteiger partial charge is 0.208 e. The molecule has 0 atom stereocenters. The first-order valence-electron chi connectivity index (χ1n) is 5.16. The van der Waals surface area contributed by atoms with Crippen molar-refractivity contribution in [1.82, 2.24) is 0 Å². The lowest BCUT2D eigenvalue weighted by molar-refractivity contribution is -0.158. The molecule has 0 unspecified atom stereocenters. The Morgan fingerprint density at radius 2 is 1.79 bits per heavy atom. The second-order valence-corrected chi connectivity index (χ2v) is 3.84. The molecule has 0 amide bonds. The largest absolute Gasteiger partial charge is 0.463 e. The Labute approximate surface area is 84.5 Å². The SMILES string of the molecule is OC1(Oc2cc[c]cc2)CCCCC1. The van der Waals surface area contributed by atoms with E-state index in [9.17, 15) is 5.11 Å². The Hall–Kier alpha value is -1.02. The Morgan fingerprint density at radius 1 is 1.14 bits per heavy atom. The summed E-state index contributed by atoms with van der Waals surface area (Å²) in [7, 11) is 0. The second kappa shape index (κ2) is 4.01. The lowest BCUT2D eigenvalue weighted by Crippen LogP contribution is -2.37. The highest BCUT2D eigenvalue weighted by molar-refractivity contribution is 5.21. The maximum atomic E-state index is 10.1. The summed E-state index contributed by atoms with van der Waals surface area (Å²) < 4.78 is 5.58. The fourth-order valence-electron chi connectivity index (χ4n) is 1.87. The quantitative estimate of drug-likeness (QED) is 0.728. The van der Waals surface area contributed by atoms with E-state index in [0.717, 1.165) is 31.4 Å². The van der Waals surface area contributed by atoms with Crippen LogP contribution in [0.4, 0.5) is 0 Å². The normalized spacial score (nSPS) is 20.4. The summed E-state index contributed by atoms with van der Waals surface area (Å²) in [6, 6.07) is 10.2. The van der Waals surface area contributed by atoms with Gasteiger partial charge in [0.1, 0.15) is 5.75 Å². The number of aliphatic hydroxyl groups is 1. The van der Waals surface area contributed by atoms with Gasteiger partial charge in [0.2, 0.25) is 5.79 Å². The molecule has 1 aliphatic carbocycles. The van der Waals surface area contributed by atoms with Crippen LogP contribution in [0.5, 0.6) is 5.75 Å². The van der Waals surface area contributed by atoms with Gasteiger partial charge in [-0.05, 0) is 31.0 Å². The molecule has 0 bridgehead atoms. The van der Waals surface area contributed by atoms with Crippen molar-refractivity contribution in [3.8, 4) is 5.75 Å². The lowest BCUT2D eigenvalue weighted by atomic mass is 9.94. The zero-order valence-electron chi connectivity index (χ0n) is 8.20. The van der Waals surface area contributed by atoms with Gasteiger partial charge in [-0.3, -0.25) is 0 Å². The van der Waals surface area contributed by atoms with Crippen LogP contribution in [-0.2, 0) is 0 Å². The van der Waals surface area contributed by atoms with E-state index in [4.69, 9.17) is 4.74 Å². The molecule has 1 aromatic rings. The van der Waals surface area contributed by atoms with Gasteiger partial charge in [-0.15, -0.1) is 0 Å². The van der Waals surface area contributed by atoms with E-state index in [0.29, 0.717) is 0 Å². The van der Waals surface area contributed by atoms with E-state index in [1.165, 1.54) is 6.42 Å². The molecular formula is C12H15O2. The Morgan fingerprint density at radius 3 is 2.43 bits per heavy atom. The molecule has 0 saturated heterocycles. The highest BCUT2D eigenvalue weighted by Gasteiger charge is 2.30. The monoisotopic (exact) mass is 191 g/mol. The van der Waals surface area contributed by atoms with Crippen LogP contribution in [0, 0.1) is 6.07 Å². The molecule has 2 heteroatoms. The summed E-state index contributed by atoms with van der Waals surface area (Å²) >= 11 is 0. The molecule has 2 nitrogen and oxygen atoms in total. The topological polar surface area (TPSA) is 29.5 Å². The Bertz CT molecular complexity index is 276. The standard InChI is InChI=1S/C12H15O2/c13-12(9-5-2-6-10-12)14-11-7-3-1-4-8-11/h3-4,7-8,13H,2,5-6,9-10H2. The van der Waals surface area contributed by atoms with Crippen LogP contribution in [0.3, 0.4) is 0 Å². The fraction of sp³-hybridized carbons (Fsp3) is 0.500. The summed E-state index contributed by atoms with van der Waals surface area (Å²) in [5.74, 6) is -0.201. The number of benzene rings is 1. The third-order valence-electron chi connectivity index (χ3n) is 2.63. The molecule has 0 aliphatic heterocycles. The average Bonchev–Trinajstić information content (AvgIpc) is 2.19. The van der Waals surface area contributed by atoms with E-state index >= 15 is 0 Å². The molecule has 14 heavy (non-hydrogen) atoms. The minimum absolute atomic E-state index is 0.730. The molecule has 1 N–H and O–H groups in total. The summed E-state index contributed by atoms with van der Waals surface area (Å²) in [5, 5.41) is 10.1. The van der Waals surface area contributed by atoms with Crippen LogP contribution in [0.25, 0.3) is 0 Å². The van der Waals surface area contributed by atoms with Crippen LogP contribution in [0.1, 0.15) is 32.1 Å². The molecular weight excluding hydrogens is 176 g/mol. The molecule has 0 spiro atoms. The molecule has 1 aromatic carbocycles. The number of ether oxygens (including phenoxy) is 1. The van der Waals surface area contributed by atoms with Crippen molar-refractivity contribution in [2.75, 3.05) is 0 Å². The zero-order chi connectivity index (χ0) is 9.86. The van der Waals surface area contributed by atoms with E-state index in [1.54, 1.807) is 12.1 Å². The van der Waals surface area contributed by atoms with E-state index < -0.39 is 5.79 Å². The van der Waals surface area contributed by atoms with Crippen LogP contribution in [-0.4, -0.2) is 10.9 Å². The van der Waals surface area contributed by atoms with Gasteiger partial charge in [0.05, 0.1) is 0 Å². The maximum Gasteiger partial charge on any atom is 0.208 e. The number of hydrogen-bond donors (Lipinski definition) is 1. The second-order valence-electron chi connectivity index (χ2n) is 3.84. The molecule has 2 rings (SSSR count). The number of rotatable bonds is 2. The van der Waals surface area contributed by atoms with Crippen LogP contribution < -0.4 is 4.74 Å². The van der Waals surface area contributed by atoms with Crippen LogP contribution in [0.15, 0.2) is 24.3 Å². The predicted octanol–water partition coefficient (Wildman–Crippen LogP) is 2.52. The fourth-order valence-corrected chi connectivity index (χ4v) is 1.87. The molecule has 1 radical (unpaired) electrons. The lowest BCUT2D eigenvalue weighted by Gasteiger charge is -2.32. The highest BCUT2D eigenvalue weighted by atomic mass is 16.6. The van der Waals surface area contributed by atoms with Gasteiger partial charge in [0.25, 0.3) is 0 Å². The van der Waals surface area contributed by atoms with Gasteiger partial charge >= 0.3 is 0 Å². The van der Waals surface area contributed by atoms with Crippen molar-refractivity contribution in [1.29, 1.82) is 0 Å². The van der Waals surface area contributed by atoms with Gasteiger partial charge in [-0.2, -0.15) is 0 Å². The van der Waals surface area contributed by atoms with E-state index in [2.05, 4.69) is 6.07 Å². The molecule has 1 aliphatic rings. The third-order valence-corrected chi connectivity index (χ3v) is 2.63. The maximum absolute atomic E-state index is 10.1. The zero-order valence-corrected chi connectivity index (χ0v) is 8.20. The average molecular weight is 191 g/mol. The first kappa shape index (κ1) is 9.53. The minimum atomic E-state index is -0.931. The van der Waals surface area contributed by atoms with Gasteiger partial charge < -0.3 is 9.84 Å².